The molecule has 2 aromatic carbocycles. The normalized spacial score (nSPS) is 14.9. The highest BCUT2D eigenvalue weighted by molar-refractivity contribution is 7.10. The minimum absolute atomic E-state index is 0.0716. The van der Waals surface area contributed by atoms with Gasteiger partial charge in [-0.2, -0.15) is 0 Å². The van der Waals surface area contributed by atoms with Gasteiger partial charge >= 0.3 is 0 Å². The number of carbonyl (C=O) groups excluding carboxylic acids is 2. The molecule has 0 spiro atoms. The van der Waals surface area contributed by atoms with Crippen molar-refractivity contribution in [1.29, 1.82) is 0 Å². The van der Waals surface area contributed by atoms with E-state index in [1.807, 2.05) is 11.4 Å². The molecule has 36 heavy (non-hydrogen) atoms. The summed E-state index contributed by atoms with van der Waals surface area (Å²) in [6, 6.07) is 13.1. The first-order valence-corrected chi connectivity index (χ1v) is 12.6. The Labute approximate surface area is 213 Å². The van der Waals surface area contributed by atoms with E-state index in [0.29, 0.717) is 31.7 Å². The first-order chi connectivity index (χ1) is 17.5. The van der Waals surface area contributed by atoms with Gasteiger partial charge in [0.15, 0.2) is 0 Å². The quantitative estimate of drug-likeness (QED) is 0.368. The van der Waals surface area contributed by atoms with Crippen LogP contribution >= 0.6 is 11.3 Å². The highest BCUT2D eigenvalue weighted by atomic mass is 32.1. The molecule has 0 radical (unpaired) electrons. The van der Waals surface area contributed by atoms with Gasteiger partial charge in [0.1, 0.15) is 30.5 Å². The van der Waals surface area contributed by atoms with E-state index in [9.17, 15) is 18.4 Å². The van der Waals surface area contributed by atoms with Gasteiger partial charge in [0.05, 0.1) is 11.6 Å². The van der Waals surface area contributed by atoms with Crippen molar-refractivity contribution < 1.29 is 27.8 Å². The fourth-order valence-electron chi connectivity index (χ4n) is 4.29. The number of halogens is 2. The second-order valence-corrected chi connectivity index (χ2v) is 9.47. The van der Waals surface area contributed by atoms with Gasteiger partial charge in [-0.1, -0.05) is 12.1 Å². The molecule has 0 fully saturated rings. The minimum atomic E-state index is -0.627. The number of methoxy groups -OCH3 is 1. The molecule has 3 aromatic rings. The lowest BCUT2D eigenvalue weighted by atomic mass is 10.0. The monoisotopic (exact) mass is 514 g/mol. The Morgan fingerprint density at radius 2 is 1.89 bits per heavy atom. The Bertz CT molecular complexity index is 1180. The zero-order valence-corrected chi connectivity index (χ0v) is 20.8. The maximum atomic E-state index is 14.4. The van der Waals surface area contributed by atoms with Crippen LogP contribution in [0.4, 0.5) is 8.78 Å². The molecule has 1 atom stereocenters. The molecule has 6 nitrogen and oxygen atoms in total. The molecule has 0 N–H and O–H groups in total. The lowest BCUT2D eigenvalue weighted by molar-refractivity contribution is -0.135. The molecule has 0 unspecified atom stereocenters. The summed E-state index contributed by atoms with van der Waals surface area (Å²) in [5.74, 6) is -1.27. The predicted molar refractivity (Wildman–Crippen MR) is 133 cm³/mol. The fourth-order valence-corrected chi connectivity index (χ4v) is 5.22. The molecule has 0 saturated heterocycles. The second-order valence-electron chi connectivity index (χ2n) is 8.47. The van der Waals surface area contributed by atoms with Crippen LogP contribution in [-0.2, 0) is 16.0 Å². The summed E-state index contributed by atoms with van der Waals surface area (Å²) >= 11 is 1.63. The molecule has 4 rings (SSSR count). The van der Waals surface area contributed by atoms with Crippen LogP contribution in [0.25, 0.3) is 0 Å². The summed E-state index contributed by atoms with van der Waals surface area (Å²) in [7, 11) is 1.56. The van der Waals surface area contributed by atoms with Gasteiger partial charge in [0, 0.05) is 31.7 Å². The summed E-state index contributed by atoms with van der Waals surface area (Å²) in [5, 5.41) is 1.99. The van der Waals surface area contributed by atoms with E-state index in [1.54, 1.807) is 41.5 Å². The summed E-state index contributed by atoms with van der Waals surface area (Å²) in [6.45, 7) is 1.13. The van der Waals surface area contributed by atoms with Crippen molar-refractivity contribution >= 4 is 23.2 Å². The molecule has 2 heterocycles. The molecule has 190 valence electrons. The highest BCUT2D eigenvalue weighted by Gasteiger charge is 2.34. The number of benzene rings is 2. The van der Waals surface area contributed by atoms with Crippen LogP contribution in [-0.4, -0.2) is 61.6 Å². The van der Waals surface area contributed by atoms with Crippen molar-refractivity contribution in [2.75, 3.05) is 40.0 Å². The summed E-state index contributed by atoms with van der Waals surface area (Å²) in [4.78, 5) is 31.0. The minimum Gasteiger partial charge on any atom is -0.491 e. The molecular formula is C27H28F2N2O4S. The van der Waals surface area contributed by atoms with E-state index in [-0.39, 0.29) is 43.0 Å². The van der Waals surface area contributed by atoms with Gasteiger partial charge in [-0.3, -0.25) is 9.59 Å². The number of hydrogen-bond acceptors (Lipinski definition) is 5. The molecule has 2 amide bonds. The maximum Gasteiger partial charge on any atom is 0.257 e. The largest absolute Gasteiger partial charge is 0.491 e. The zero-order valence-electron chi connectivity index (χ0n) is 20.0. The number of rotatable bonds is 10. The molecule has 0 bridgehead atoms. The van der Waals surface area contributed by atoms with Crippen LogP contribution in [0.2, 0.25) is 0 Å². The first kappa shape index (κ1) is 25.8. The van der Waals surface area contributed by atoms with E-state index in [0.717, 1.165) is 5.56 Å². The molecule has 1 aliphatic rings. The van der Waals surface area contributed by atoms with Crippen LogP contribution in [0.3, 0.4) is 0 Å². The van der Waals surface area contributed by atoms with Crippen LogP contribution < -0.4 is 4.74 Å². The third-order valence-corrected chi connectivity index (χ3v) is 7.13. The van der Waals surface area contributed by atoms with Gasteiger partial charge < -0.3 is 19.3 Å². The van der Waals surface area contributed by atoms with Crippen molar-refractivity contribution in [1.82, 2.24) is 9.80 Å². The van der Waals surface area contributed by atoms with Crippen molar-refractivity contribution in [3.8, 4) is 5.75 Å². The zero-order chi connectivity index (χ0) is 25.5. The number of nitrogens with zero attached hydrogens (tertiary/aromatic N) is 2. The summed E-state index contributed by atoms with van der Waals surface area (Å²) < 4.78 is 38.7. The standard InChI is InChI=1S/C27H28F2N2O4S/c1-34-15-4-13-30(27(33)21-5-2-3-6-23(21)29)17-26(32)31-14-11-25-22(12-16-36-25)24(31)18-35-20-9-7-19(28)8-10-20/h2-3,5-10,12,16,24H,4,11,13-15,17-18H2,1H3/t24-/m1/s1. The molecule has 1 aliphatic heterocycles. The van der Waals surface area contributed by atoms with Gasteiger partial charge in [-0.25, -0.2) is 8.78 Å². The maximum absolute atomic E-state index is 14.4. The van der Waals surface area contributed by atoms with Crippen LogP contribution in [0, 0.1) is 11.6 Å². The van der Waals surface area contributed by atoms with Gasteiger partial charge in [0.2, 0.25) is 5.91 Å². The van der Waals surface area contributed by atoms with E-state index in [2.05, 4.69) is 0 Å². The van der Waals surface area contributed by atoms with Gasteiger partial charge in [0.25, 0.3) is 5.91 Å². The lowest BCUT2D eigenvalue weighted by Gasteiger charge is -2.37. The lowest BCUT2D eigenvalue weighted by Crippen LogP contribution is -2.48. The Hall–Kier alpha value is -3.30. The smallest absolute Gasteiger partial charge is 0.257 e. The molecular weight excluding hydrogens is 486 g/mol. The third kappa shape index (κ3) is 6.09. The van der Waals surface area contributed by atoms with Crippen LogP contribution in [0.15, 0.2) is 60.0 Å². The van der Waals surface area contributed by atoms with E-state index in [1.165, 1.54) is 40.1 Å². The fraction of sp³-hybridized carbons (Fsp3) is 0.333. The van der Waals surface area contributed by atoms with Crippen molar-refractivity contribution in [3.05, 3.63) is 87.6 Å². The number of thiophene rings is 1. The highest BCUT2D eigenvalue weighted by Crippen LogP contribution is 2.34. The Balaban J connectivity index is 1.52. The predicted octanol–water partition coefficient (Wildman–Crippen LogP) is 4.71. The Kier molecular flexibility index (Phi) is 8.66. The average Bonchev–Trinajstić information content (AvgIpc) is 3.37. The molecule has 0 aliphatic carbocycles. The first-order valence-electron chi connectivity index (χ1n) is 11.7. The van der Waals surface area contributed by atoms with Crippen LogP contribution in [0.1, 0.15) is 33.3 Å². The Morgan fingerprint density at radius 3 is 2.64 bits per heavy atom. The third-order valence-electron chi connectivity index (χ3n) is 6.13. The van der Waals surface area contributed by atoms with Crippen molar-refractivity contribution in [2.45, 2.75) is 18.9 Å². The molecule has 1 aromatic heterocycles. The van der Waals surface area contributed by atoms with Gasteiger partial charge in [-0.05, 0) is 66.2 Å². The van der Waals surface area contributed by atoms with E-state index < -0.39 is 11.7 Å². The summed E-state index contributed by atoms with van der Waals surface area (Å²) in [5.41, 5.74) is 0.936. The number of fused-ring (bicyclic) bond motifs is 1. The van der Waals surface area contributed by atoms with Crippen LogP contribution in [0.5, 0.6) is 5.75 Å². The van der Waals surface area contributed by atoms with E-state index in [4.69, 9.17) is 9.47 Å². The number of hydrogen-bond donors (Lipinski definition) is 0. The number of ether oxygens (including phenoxy) is 2. The molecule has 9 heteroatoms. The topological polar surface area (TPSA) is 59.1 Å². The summed E-state index contributed by atoms with van der Waals surface area (Å²) in [6.07, 6.45) is 1.21. The SMILES string of the molecule is COCCCN(CC(=O)N1CCc2sccc2[C@H]1COc1ccc(F)cc1)C(=O)c1ccccc1F. The average molecular weight is 515 g/mol. The van der Waals surface area contributed by atoms with Gasteiger partial charge in [-0.15, -0.1) is 11.3 Å². The van der Waals surface area contributed by atoms with Crippen molar-refractivity contribution in [3.63, 3.8) is 0 Å². The van der Waals surface area contributed by atoms with E-state index >= 15 is 0 Å². The molecule has 0 saturated carbocycles. The number of carbonyl (C=O) groups is 2. The second kappa shape index (κ2) is 12.1. The van der Waals surface area contributed by atoms with Crippen molar-refractivity contribution in [2.24, 2.45) is 0 Å². The number of amides is 2. The Morgan fingerprint density at radius 1 is 1.11 bits per heavy atom.